The van der Waals surface area contributed by atoms with Crippen LogP contribution in [0.4, 0.5) is 27.8 Å². The molecule has 10 nitrogen and oxygen atoms in total. The Morgan fingerprint density at radius 3 is 2.25 bits per heavy atom. The number of carbonyl (C=O) groups excluding carboxylic acids is 2. The van der Waals surface area contributed by atoms with E-state index in [0.717, 1.165) is 11.4 Å². The summed E-state index contributed by atoms with van der Waals surface area (Å²) in [4.78, 5) is 36.4. The second-order valence-corrected chi connectivity index (χ2v) is 9.08. The van der Waals surface area contributed by atoms with Gasteiger partial charge in [0.2, 0.25) is 0 Å². The number of anilines is 4. The number of nitrogens with two attached hydrogens (primary N) is 2. The van der Waals surface area contributed by atoms with E-state index in [1.165, 1.54) is 11.8 Å². The molecular weight excluding hydrogens is 430 g/mol. The van der Waals surface area contributed by atoms with Crippen LogP contribution in [-0.4, -0.2) is 64.9 Å². The molecule has 11 heteroatoms. The second-order valence-electron chi connectivity index (χ2n) is 8.31. The highest BCUT2D eigenvalue weighted by molar-refractivity contribution is 7.98. The Morgan fingerprint density at radius 1 is 1.09 bits per heavy atom. The minimum atomic E-state index is -0.697. The van der Waals surface area contributed by atoms with Crippen LogP contribution in [0.1, 0.15) is 31.1 Å². The molecule has 5 N–H and O–H groups in total. The molecular formula is C21H29N7O3S. The van der Waals surface area contributed by atoms with Crippen LogP contribution in [0.25, 0.3) is 0 Å². The molecule has 2 heterocycles. The van der Waals surface area contributed by atoms with Crippen LogP contribution in [0.3, 0.4) is 0 Å². The molecule has 1 saturated heterocycles. The number of nitrogen functional groups attached to an aromatic ring is 1. The molecule has 0 spiro atoms. The molecule has 1 aromatic carbocycles. The van der Waals surface area contributed by atoms with Gasteiger partial charge < -0.3 is 31.3 Å². The van der Waals surface area contributed by atoms with Crippen LogP contribution in [0.5, 0.6) is 0 Å². The number of hydrogen-bond acceptors (Lipinski definition) is 9. The lowest BCUT2D eigenvalue weighted by Gasteiger charge is -2.36. The third-order valence-corrected chi connectivity index (χ3v) is 5.32. The van der Waals surface area contributed by atoms with Gasteiger partial charge in [0, 0.05) is 37.6 Å². The Balaban J connectivity index is 1.66. The van der Waals surface area contributed by atoms with E-state index >= 15 is 0 Å². The lowest BCUT2D eigenvalue weighted by atomic mass is 10.2. The largest absolute Gasteiger partial charge is 0.444 e. The standard InChI is InChI=1S/C21H29N7O3S/c1-21(2,3)31-20(30)28-11-9-27(10-12-28)14-7-5-13(6-8-14)24-18-15(17(23)29)16(22)25-19(26-18)32-4/h5-8H,9-12H2,1-4H3,(H2,23,29)(H3,22,24,25,26). The van der Waals surface area contributed by atoms with Gasteiger partial charge in [-0.2, -0.15) is 0 Å². The van der Waals surface area contributed by atoms with Crippen molar-refractivity contribution in [2.45, 2.75) is 31.5 Å². The monoisotopic (exact) mass is 459 g/mol. The summed E-state index contributed by atoms with van der Waals surface area (Å²) in [7, 11) is 0. The van der Waals surface area contributed by atoms with Gasteiger partial charge >= 0.3 is 6.09 Å². The summed E-state index contributed by atoms with van der Waals surface area (Å²) in [6.45, 7) is 8.18. The molecule has 1 aliphatic heterocycles. The predicted molar refractivity (Wildman–Crippen MR) is 126 cm³/mol. The Kier molecular flexibility index (Phi) is 6.97. The fraction of sp³-hybridized carbons (Fsp3) is 0.429. The van der Waals surface area contributed by atoms with Gasteiger partial charge in [-0.3, -0.25) is 4.79 Å². The summed E-state index contributed by atoms with van der Waals surface area (Å²) >= 11 is 1.32. The summed E-state index contributed by atoms with van der Waals surface area (Å²) in [5.74, 6) is -0.385. The maximum Gasteiger partial charge on any atom is 0.410 e. The first-order valence-corrected chi connectivity index (χ1v) is 11.4. The van der Waals surface area contributed by atoms with E-state index in [0.29, 0.717) is 31.3 Å². The van der Waals surface area contributed by atoms with E-state index in [1.807, 2.05) is 51.3 Å². The Hall–Kier alpha value is -3.21. The molecule has 2 amide bonds. The summed E-state index contributed by atoms with van der Waals surface area (Å²) < 4.78 is 5.45. The molecule has 1 aliphatic rings. The average Bonchev–Trinajstić information content (AvgIpc) is 2.72. The molecule has 172 valence electrons. The predicted octanol–water partition coefficient (Wildman–Crippen LogP) is 2.68. The Labute approximate surface area is 191 Å². The highest BCUT2D eigenvalue weighted by Crippen LogP contribution is 2.27. The molecule has 0 atom stereocenters. The zero-order chi connectivity index (χ0) is 23.5. The summed E-state index contributed by atoms with van der Waals surface area (Å²) in [6, 6.07) is 7.71. The number of hydrogen-bond donors (Lipinski definition) is 3. The molecule has 2 aromatic rings. The van der Waals surface area contributed by atoms with Crippen molar-refractivity contribution >= 4 is 46.8 Å². The number of aromatic nitrogens is 2. The lowest BCUT2D eigenvalue weighted by molar-refractivity contribution is 0.0240. The third-order valence-electron chi connectivity index (χ3n) is 4.77. The molecule has 1 aromatic heterocycles. The van der Waals surface area contributed by atoms with Crippen molar-refractivity contribution in [2.75, 3.05) is 48.4 Å². The van der Waals surface area contributed by atoms with Crippen molar-refractivity contribution in [3.63, 3.8) is 0 Å². The van der Waals surface area contributed by atoms with Gasteiger partial charge in [-0.15, -0.1) is 0 Å². The van der Waals surface area contributed by atoms with E-state index in [1.54, 1.807) is 4.90 Å². The van der Waals surface area contributed by atoms with Gasteiger partial charge in [0.15, 0.2) is 5.16 Å². The zero-order valence-corrected chi connectivity index (χ0v) is 19.5. The van der Waals surface area contributed by atoms with Gasteiger partial charge in [-0.25, -0.2) is 14.8 Å². The van der Waals surface area contributed by atoms with Gasteiger partial charge in [0.05, 0.1) is 0 Å². The Bertz CT molecular complexity index is 984. The summed E-state index contributed by atoms with van der Waals surface area (Å²) in [6.07, 6.45) is 1.54. The van der Waals surface area contributed by atoms with Crippen LogP contribution in [-0.2, 0) is 4.74 Å². The summed E-state index contributed by atoms with van der Waals surface area (Å²) in [5.41, 5.74) is 12.7. The van der Waals surface area contributed by atoms with Crippen molar-refractivity contribution in [3.05, 3.63) is 29.8 Å². The highest BCUT2D eigenvalue weighted by atomic mass is 32.2. The van der Waals surface area contributed by atoms with Gasteiger partial charge in [-0.1, -0.05) is 11.8 Å². The van der Waals surface area contributed by atoms with E-state index in [9.17, 15) is 9.59 Å². The van der Waals surface area contributed by atoms with Crippen molar-refractivity contribution in [1.82, 2.24) is 14.9 Å². The fourth-order valence-corrected chi connectivity index (χ4v) is 3.62. The smallest absolute Gasteiger partial charge is 0.410 e. The number of amides is 2. The van der Waals surface area contributed by atoms with Crippen LogP contribution in [0, 0.1) is 0 Å². The highest BCUT2D eigenvalue weighted by Gasteiger charge is 2.26. The number of carbonyl (C=O) groups is 2. The van der Waals surface area contributed by atoms with Gasteiger partial charge in [0.25, 0.3) is 5.91 Å². The topological polar surface area (TPSA) is 140 Å². The molecule has 3 rings (SSSR count). The van der Waals surface area contributed by atoms with E-state index in [2.05, 4.69) is 20.2 Å². The first kappa shape index (κ1) is 23.5. The normalized spacial score (nSPS) is 14.2. The number of rotatable bonds is 5. The number of nitrogens with one attached hydrogen (secondary N) is 1. The number of primary amides is 1. The fourth-order valence-electron chi connectivity index (χ4n) is 3.25. The van der Waals surface area contributed by atoms with E-state index < -0.39 is 11.5 Å². The SMILES string of the molecule is CSc1nc(N)c(C(N)=O)c(Nc2ccc(N3CCN(C(=O)OC(C)(C)C)CC3)cc2)n1. The minimum Gasteiger partial charge on any atom is -0.444 e. The quantitative estimate of drug-likeness (QED) is 0.455. The molecule has 0 unspecified atom stereocenters. The molecule has 1 fully saturated rings. The summed E-state index contributed by atoms with van der Waals surface area (Å²) in [5, 5.41) is 3.55. The number of benzene rings is 1. The minimum absolute atomic E-state index is 0.0406. The molecule has 0 radical (unpaired) electrons. The number of nitrogens with zero attached hydrogens (tertiary/aromatic N) is 4. The van der Waals surface area contributed by atoms with Crippen molar-refractivity contribution in [3.8, 4) is 0 Å². The maximum absolute atomic E-state index is 12.2. The maximum atomic E-state index is 12.2. The van der Waals surface area contributed by atoms with Gasteiger partial charge in [0.1, 0.15) is 22.8 Å². The van der Waals surface area contributed by atoms with Crippen LogP contribution < -0.4 is 21.7 Å². The lowest BCUT2D eigenvalue weighted by Crippen LogP contribution is -2.50. The molecule has 0 aliphatic carbocycles. The van der Waals surface area contributed by atoms with Gasteiger partial charge in [-0.05, 0) is 51.3 Å². The van der Waals surface area contributed by atoms with E-state index in [4.69, 9.17) is 16.2 Å². The zero-order valence-electron chi connectivity index (χ0n) is 18.7. The Morgan fingerprint density at radius 2 is 1.72 bits per heavy atom. The van der Waals surface area contributed by atoms with Crippen LogP contribution in [0.2, 0.25) is 0 Å². The second kappa shape index (κ2) is 9.51. The van der Waals surface area contributed by atoms with Crippen molar-refractivity contribution in [1.29, 1.82) is 0 Å². The third kappa shape index (κ3) is 5.72. The first-order valence-electron chi connectivity index (χ1n) is 10.2. The van der Waals surface area contributed by atoms with Crippen LogP contribution in [0.15, 0.2) is 29.4 Å². The van der Waals surface area contributed by atoms with Crippen molar-refractivity contribution in [2.24, 2.45) is 5.73 Å². The molecule has 0 bridgehead atoms. The number of piperazine rings is 1. The first-order chi connectivity index (χ1) is 15.1. The average molecular weight is 460 g/mol. The van der Waals surface area contributed by atoms with Crippen molar-refractivity contribution < 1.29 is 14.3 Å². The van der Waals surface area contributed by atoms with Crippen LogP contribution >= 0.6 is 11.8 Å². The molecule has 0 saturated carbocycles. The van der Waals surface area contributed by atoms with E-state index in [-0.39, 0.29) is 23.3 Å². The number of ether oxygens (including phenoxy) is 1. The molecule has 32 heavy (non-hydrogen) atoms. The number of thioether (sulfide) groups is 1.